The number of hydrogen-bond donors (Lipinski definition) is 1. The molecule has 0 aliphatic heterocycles. The molecule has 1 N–H and O–H groups in total. The fourth-order valence-electron chi connectivity index (χ4n) is 2.05. The van der Waals surface area contributed by atoms with Crippen LogP contribution in [0, 0.1) is 0 Å². The van der Waals surface area contributed by atoms with Crippen molar-refractivity contribution in [3.8, 4) is 0 Å². The quantitative estimate of drug-likeness (QED) is 0.704. The lowest BCUT2D eigenvalue weighted by atomic mass is 10.4. The Balaban J connectivity index is 2.70. The van der Waals surface area contributed by atoms with Gasteiger partial charge in [-0.3, -0.25) is 0 Å². The largest absolute Gasteiger partial charge is 0.338 e. The summed E-state index contributed by atoms with van der Waals surface area (Å²) >= 11 is 0. The summed E-state index contributed by atoms with van der Waals surface area (Å²) in [6, 6.07) is 19.4. The summed E-state index contributed by atoms with van der Waals surface area (Å²) in [5.41, 5.74) is 0. The average molecular weight is 282 g/mol. The van der Waals surface area contributed by atoms with Gasteiger partial charge < -0.3 is 4.55 Å². The molecule has 0 bridgehead atoms. The molecule has 0 heterocycles. The van der Waals surface area contributed by atoms with Crippen LogP contribution in [0.1, 0.15) is 0 Å². The molecule has 0 atom stereocenters. The first-order chi connectivity index (χ1) is 9.73. The van der Waals surface area contributed by atoms with Gasteiger partial charge in [0.15, 0.2) is 0 Å². The molecule has 0 amide bonds. The van der Waals surface area contributed by atoms with Gasteiger partial charge in [0.2, 0.25) is 0 Å². The highest BCUT2D eigenvalue weighted by molar-refractivity contribution is 8.32. The molecular weight excluding hydrogens is 264 g/mol. The molecule has 0 aromatic heterocycles. The zero-order valence-corrected chi connectivity index (χ0v) is 12.1. The van der Waals surface area contributed by atoms with Gasteiger partial charge in [0.25, 0.3) is 0 Å². The van der Waals surface area contributed by atoms with Gasteiger partial charge in [-0.2, -0.15) is 0 Å². The average Bonchev–Trinajstić information content (AvgIpc) is 2.53. The maximum atomic E-state index is 11.4. The lowest BCUT2D eigenvalue weighted by Gasteiger charge is -2.36. The summed E-state index contributed by atoms with van der Waals surface area (Å²) in [5, 5.41) is 0. The summed E-state index contributed by atoms with van der Waals surface area (Å²) in [5.74, 6) is 0. The Morgan fingerprint density at radius 3 is 1.65 bits per heavy atom. The van der Waals surface area contributed by atoms with Crippen molar-refractivity contribution in [1.82, 2.24) is 0 Å². The Morgan fingerprint density at radius 2 is 1.30 bits per heavy atom. The van der Waals surface area contributed by atoms with Crippen molar-refractivity contribution in [3.05, 3.63) is 97.0 Å². The number of allylic oxidation sites excluding steroid dienone is 3. The second kappa shape index (κ2) is 6.42. The van der Waals surface area contributed by atoms with E-state index >= 15 is 0 Å². The summed E-state index contributed by atoms with van der Waals surface area (Å²) < 4.78 is 11.4. The first kappa shape index (κ1) is 14.4. The Bertz CT molecular complexity index is 575. The maximum absolute atomic E-state index is 11.4. The van der Waals surface area contributed by atoms with Crippen molar-refractivity contribution >= 4 is 10.3 Å². The van der Waals surface area contributed by atoms with Crippen molar-refractivity contribution < 1.29 is 4.55 Å². The van der Waals surface area contributed by atoms with E-state index in [4.69, 9.17) is 0 Å². The SMILES string of the molecule is C=C/C=C(\C=C)S(O)(c1ccccc1)c1ccccc1. The van der Waals surface area contributed by atoms with Crippen LogP contribution in [-0.2, 0) is 0 Å². The second-order valence-corrected chi connectivity index (χ2v) is 6.79. The Morgan fingerprint density at radius 1 is 0.850 bits per heavy atom. The third kappa shape index (κ3) is 2.62. The topological polar surface area (TPSA) is 20.2 Å². The van der Waals surface area contributed by atoms with E-state index in [0.717, 1.165) is 14.7 Å². The molecule has 2 aromatic rings. The van der Waals surface area contributed by atoms with Gasteiger partial charge >= 0.3 is 0 Å². The fourth-order valence-corrected chi connectivity index (χ4v) is 4.50. The summed E-state index contributed by atoms with van der Waals surface area (Å²) in [6.45, 7) is 7.57. The smallest absolute Gasteiger partial charge is 0.0213 e. The molecule has 2 aromatic carbocycles. The molecule has 2 heteroatoms. The van der Waals surface area contributed by atoms with Gasteiger partial charge in [0.1, 0.15) is 0 Å². The predicted octanol–water partition coefficient (Wildman–Crippen LogP) is 5.64. The molecule has 2 rings (SSSR count). The maximum Gasteiger partial charge on any atom is 0.0213 e. The van der Waals surface area contributed by atoms with E-state index in [9.17, 15) is 4.55 Å². The summed E-state index contributed by atoms with van der Waals surface area (Å²) in [6.07, 6.45) is 5.21. The van der Waals surface area contributed by atoms with Crippen LogP contribution in [0.25, 0.3) is 0 Å². The molecule has 0 saturated heterocycles. The summed E-state index contributed by atoms with van der Waals surface area (Å²) in [7, 11) is -2.28. The number of rotatable bonds is 5. The standard InChI is InChI=1S/C18H18OS/c1-3-11-16(4-2)20(19,17-12-7-5-8-13-17)18-14-9-6-10-15-18/h3-15,19H,1-2H2/b16-11+. The van der Waals surface area contributed by atoms with Crippen molar-refractivity contribution in [2.24, 2.45) is 0 Å². The van der Waals surface area contributed by atoms with E-state index in [1.54, 1.807) is 12.2 Å². The van der Waals surface area contributed by atoms with Crippen molar-refractivity contribution in [3.63, 3.8) is 0 Å². The third-order valence-corrected chi connectivity index (χ3v) is 5.89. The highest BCUT2D eigenvalue weighted by Gasteiger charge is 2.28. The van der Waals surface area contributed by atoms with Gasteiger partial charge in [0.05, 0.1) is 0 Å². The van der Waals surface area contributed by atoms with Gasteiger partial charge in [-0.1, -0.05) is 72.0 Å². The van der Waals surface area contributed by atoms with E-state index in [0.29, 0.717) is 0 Å². The Hall–Kier alpha value is -2.03. The van der Waals surface area contributed by atoms with E-state index in [2.05, 4.69) is 13.2 Å². The van der Waals surface area contributed by atoms with Crippen LogP contribution in [0.15, 0.2) is 107 Å². The van der Waals surface area contributed by atoms with Crippen LogP contribution < -0.4 is 0 Å². The third-order valence-electron chi connectivity index (χ3n) is 2.99. The van der Waals surface area contributed by atoms with Crippen LogP contribution >= 0.6 is 10.3 Å². The molecule has 0 saturated carbocycles. The first-order valence-corrected chi connectivity index (χ1v) is 7.93. The van der Waals surface area contributed by atoms with Crippen molar-refractivity contribution in [2.75, 3.05) is 0 Å². The minimum absolute atomic E-state index is 0.782. The molecule has 0 radical (unpaired) electrons. The number of benzene rings is 2. The summed E-state index contributed by atoms with van der Waals surface area (Å²) in [4.78, 5) is 2.56. The fraction of sp³-hybridized carbons (Fsp3) is 0. The molecule has 20 heavy (non-hydrogen) atoms. The number of hydrogen-bond acceptors (Lipinski definition) is 1. The molecule has 102 valence electrons. The van der Waals surface area contributed by atoms with E-state index in [1.807, 2.05) is 66.7 Å². The molecule has 0 spiro atoms. The van der Waals surface area contributed by atoms with Crippen molar-refractivity contribution in [1.29, 1.82) is 0 Å². The normalized spacial score (nSPS) is 12.8. The predicted molar refractivity (Wildman–Crippen MR) is 88.1 cm³/mol. The molecular formula is C18H18OS. The van der Waals surface area contributed by atoms with Crippen LogP contribution in [0.5, 0.6) is 0 Å². The zero-order valence-electron chi connectivity index (χ0n) is 11.3. The lowest BCUT2D eigenvalue weighted by Crippen LogP contribution is -2.03. The minimum atomic E-state index is -2.28. The highest BCUT2D eigenvalue weighted by atomic mass is 32.3. The molecule has 0 fully saturated rings. The van der Waals surface area contributed by atoms with E-state index < -0.39 is 10.3 Å². The lowest BCUT2D eigenvalue weighted by molar-refractivity contribution is 0.631. The Kier molecular flexibility index (Phi) is 4.61. The van der Waals surface area contributed by atoms with Gasteiger partial charge in [-0.15, -0.1) is 0 Å². The van der Waals surface area contributed by atoms with E-state index in [-0.39, 0.29) is 0 Å². The van der Waals surface area contributed by atoms with Gasteiger partial charge in [-0.25, -0.2) is 0 Å². The van der Waals surface area contributed by atoms with Gasteiger partial charge in [0, 0.05) is 14.7 Å². The van der Waals surface area contributed by atoms with Crippen LogP contribution in [0.2, 0.25) is 0 Å². The van der Waals surface area contributed by atoms with Crippen LogP contribution in [-0.4, -0.2) is 4.55 Å². The molecule has 0 aliphatic rings. The zero-order chi connectivity index (χ0) is 14.4. The van der Waals surface area contributed by atoms with Gasteiger partial charge in [-0.05, 0) is 30.3 Å². The highest BCUT2D eigenvalue weighted by Crippen LogP contribution is 2.65. The van der Waals surface area contributed by atoms with Crippen LogP contribution in [0.4, 0.5) is 0 Å². The first-order valence-electron chi connectivity index (χ1n) is 6.34. The minimum Gasteiger partial charge on any atom is -0.338 e. The Labute approximate surface area is 122 Å². The molecule has 0 aliphatic carbocycles. The molecule has 0 unspecified atom stereocenters. The van der Waals surface area contributed by atoms with Crippen LogP contribution in [0.3, 0.4) is 0 Å². The van der Waals surface area contributed by atoms with E-state index in [1.165, 1.54) is 0 Å². The molecule has 1 nitrogen and oxygen atoms in total. The second-order valence-electron chi connectivity index (χ2n) is 4.22. The monoisotopic (exact) mass is 282 g/mol. The van der Waals surface area contributed by atoms with Crippen molar-refractivity contribution in [2.45, 2.75) is 9.79 Å².